The predicted molar refractivity (Wildman–Crippen MR) is 97.9 cm³/mol. The lowest BCUT2D eigenvalue weighted by Crippen LogP contribution is -2.20. The normalized spacial score (nSPS) is 12.7. The number of benzene rings is 2. The molecule has 0 spiro atoms. The number of hydrogen-bond acceptors (Lipinski definition) is 5. The van der Waals surface area contributed by atoms with E-state index < -0.39 is 0 Å². The fourth-order valence-electron chi connectivity index (χ4n) is 2.60. The zero-order valence-electron chi connectivity index (χ0n) is 14.8. The fourth-order valence-corrected chi connectivity index (χ4v) is 2.60. The molecule has 0 aromatic heterocycles. The molecule has 0 aliphatic carbocycles. The molecule has 0 fully saturated rings. The summed E-state index contributed by atoms with van der Waals surface area (Å²) in [5.74, 6) is 2.62. The van der Waals surface area contributed by atoms with Crippen LogP contribution in [0.3, 0.4) is 0 Å². The molecule has 1 amide bonds. The SMILES string of the molecule is COc1ccc(OC)c(CNC(=O)C=Cc2ccc3c(c2)OCCO3)c1. The van der Waals surface area contributed by atoms with E-state index in [1.807, 2.05) is 36.4 Å². The first-order valence-electron chi connectivity index (χ1n) is 8.26. The van der Waals surface area contributed by atoms with Crippen molar-refractivity contribution in [2.24, 2.45) is 0 Å². The van der Waals surface area contributed by atoms with Crippen LogP contribution >= 0.6 is 0 Å². The van der Waals surface area contributed by atoms with Crippen molar-refractivity contribution in [2.75, 3.05) is 27.4 Å². The quantitative estimate of drug-likeness (QED) is 0.807. The molecule has 26 heavy (non-hydrogen) atoms. The Morgan fingerprint density at radius 3 is 2.65 bits per heavy atom. The Morgan fingerprint density at radius 1 is 1.08 bits per heavy atom. The van der Waals surface area contributed by atoms with Crippen molar-refractivity contribution in [2.45, 2.75) is 6.54 Å². The maximum atomic E-state index is 12.1. The highest BCUT2D eigenvalue weighted by molar-refractivity contribution is 5.91. The number of carbonyl (C=O) groups excluding carboxylic acids is 1. The molecule has 1 N–H and O–H groups in total. The van der Waals surface area contributed by atoms with Crippen molar-refractivity contribution in [1.82, 2.24) is 5.32 Å². The third-order valence-electron chi connectivity index (χ3n) is 3.93. The van der Waals surface area contributed by atoms with E-state index in [4.69, 9.17) is 18.9 Å². The maximum absolute atomic E-state index is 12.1. The van der Waals surface area contributed by atoms with Gasteiger partial charge in [-0.1, -0.05) is 6.07 Å². The van der Waals surface area contributed by atoms with Gasteiger partial charge in [0, 0.05) is 18.2 Å². The lowest BCUT2D eigenvalue weighted by Gasteiger charge is -2.18. The van der Waals surface area contributed by atoms with Crippen molar-refractivity contribution in [3.8, 4) is 23.0 Å². The van der Waals surface area contributed by atoms with Crippen LogP contribution in [0, 0.1) is 0 Å². The van der Waals surface area contributed by atoms with Gasteiger partial charge in [-0.2, -0.15) is 0 Å². The molecule has 0 unspecified atom stereocenters. The fraction of sp³-hybridized carbons (Fsp3) is 0.250. The minimum atomic E-state index is -0.204. The number of fused-ring (bicyclic) bond motifs is 1. The molecular weight excluding hydrogens is 334 g/mol. The Labute approximate surface area is 152 Å². The molecule has 0 atom stereocenters. The molecule has 3 rings (SSSR count). The van der Waals surface area contributed by atoms with Gasteiger partial charge in [-0.3, -0.25) is 4.79 Å². The Balaban J connectivity index is 1.61. The van der Waals surface area contributed by atoms with Crippen molar-refractivity contribution in [3.63, 3.8) is 0 Å². The van der Waals surface area contributed by atoms with Gasteiger partial charge >= 0.3 is 0 Å². The molecule has 2 aromatic rings. The summed E-state index contributed by atoms with van der Waals surface area (Å²) in [5.41, 5.74) is 1.70. The lowest BCUT2D eigenvalue weighted by atomic mass is 10.1. The Hall–Kier alpha value is -3.15. The van der Waals surface area contributed by atoms with E-state index in [9.17, 15) is 4.79 Å². The third kappa shape index (κ3) is 4.27. The minimum absolute atomic E-state index is 0.204. The smallest absolute Gasteiger partial charge is 0.244 e. The summed E-state index contributed by atoms with van der Waals surface area (Å²) in [6.45, 7) is 1.42. The second kappa shape index (κ2) is 8.29. The second-order valence-corrected chi connectivity index (χ2v) is 5.63. The van der Waals surface area contributed by atoms with Gasteiger partial charge in [0.05, 0.1) is 14.2 Å². The minimum Gasteiger partial charge on any atom is -0.497 e. The standard InChI is InChI=1S/C20H21NO5/c1-23-16-5-7-17(24-2)15(12-16)13-21-20(22)8-4-14-3-6-18-19(11-14)26-10-9-25-18/h3-8,11-12H,9-10,13H2,1-2H3,(H,21,22). The average Bonchev–Trinajstić information content (AvgIpc) is 2.70. The number of hydrogen-bond donors (Lipinski definition) is 1. The van der Waals surface area contributed by atoms with Gasteiger partial charge in [0.1, 0.15) is 24.7 Å². The highest BCUT2D eigenvalue weighted by Crippen LogP contribution is 2.31. The maximum Gasteiger partial charge on any atom is 0.244 e. The molecule has 0 saturated heterocycles. The van der Waals surface area contributed by atoms with Crippen LogP contribution in [0.25, 0.3) is 6.08 Å². The highest BCUT2D eigenvalue weighted by atomic mass is 16.6. The lowest BCUT2D eigenvalue weighted by molar-refractivity contribution is -0.116. The van der Waals surface area contributed by atoms with Gasteiger partial charge < -0.3 is 24.3 Å². The first-order chi connectivity index (χ1) is 12.7. The summed E-state index contributed by atoms with van der Waals surface area (Å²) in [4.78, 5) is 12.1. The molecule has 0 bridgehead atoms. The molecule has 6 heteroatoms. The molecule has 0 saturated carbocycles. The zero-order valence-corrected chi connectivity index (χ0v) is 14.8. The summed E-state index contributed by atoms with van der Waals surface area (Å²) in [5, 5.41) is 2.84. The van der Waals surface area contributed by atoms with Crippen molar-refractivity contribution < 1.29 is 23.7 Å². The third-order valence-corrected chi connectivity index (χ3v) is 3.93. The Kier molecular flexibility index (Phi) is 5.63. The van der Waals surface area contributed by atoms with Gasteiger partial charge in [0.25, 0.3) is 0 Å². The van der Waals surface area contributed by atoms with Gasteiger partial charge in [0.15, 0.2) is 11.5 Å². The van der Waals surface area contributed by atoms with Gasteiger partial charge in [0.2, 0.25) is 5.91 Å². The molecule has 0 radical (unpaired) electrons. The molecule has 1 heterocycles. The van der Waals surface area contributed by atoms with Crippen LogP contribution in [0.1, 0.15) is 11.1 Å². The molecule has 136 valence electrons. The van der Waals surface area contributed by atoms with Crippen LogP contribution in [-0.4, -0.2) is 33.3 Å². The summed E-state index contributed by atoms with van der Waals surface area (Å²) in [6.07, 6.45) is 3.22. The topological polar surface area (TPSA) is 66.0 Å². The molecule has 2 aromatic carbocycles. The summed E-state index contributed by atoms with van der Waals surface area (Å²) in [7, 11) is 3.19. The van der Waals surface area contributed by atoms with Crippen molar-refractivity contribution >= 4 is 12.0 Å². The van der Waals surface area contributed by atoms with Crippen LogP contribution < -0.4 is 24.3 Å². The van der Waals surface area contributed by atoms with E-state index >= 15 is 0 Å². The average molecular weight is 355 g/mol. The van der Waals surface area contributed by atoms with Crippen LogP contribution in [0.15, 0.2) is 42.5 Å². The monoisotopic (exact) mass is 355 g/mol. The van der Waals surface area contributed by atoms with Gasteiger partial charge in [-0.15, -0.1) is 0 Å². The summed E-state index contributed by atoms with van der Waals surface area (Å²) >= 11 is 0. The second-order valence-electron chi connectivity index (χ2n) is 5.63. The van der Waals surface area contributed by atoms with Crippen molar-refractivity contribution in [3.05, 3.63) is 53.6 Å². The van der Waals surface area contributed by atoms with Crippen LogP contribution in [-0.2, 0) is 11.3 Å². The number of carbonyl (C=O) groups is 1. The number of rotatable bonds is 6. The molecule has 6 nitrogen and oxygen atoms in total. The van der Waals surface area contributed by atoms with E-state index in [2.05, 4.69) is 5.32 Å². The van der Waals surface area contributed by atoms with Gasteiger partial charge in [-0.05, 0) is 42.0 Å². The zero-order chi connectivity index (χ0) is 18.4. The number of amides is 1. The van der Waals surface area contributed by atoms with E-state index in [0.29, 0.717) is 37.0 Å². The summed E-state index contributed by atoms with van der Waals surface area (Å²) < 4.78 is 21.5. The highest BCUT2D eigenvalue weighted by Gasteiger charge is 2.11. The predicted octanol–water partition coefficient (Wildman–Crippen LogP) is 2.80. The van der Waals surface area contributed by atoms with Crippen molar-refractivity contribution in [1.29, 1.82) is 0 Å². The number of nitrogens with one attached hydrogen (secondary N) is 1. The van der Waals surface area contributed by atoms with Crippen LogP contribution in [0.2, 0.25) is 0 Å². The van der Waals surface area contributed by atoms with Crippen LogP contribution in [0.4, 0.5) is 0 Å². The van der Waals surface area contributed by atoms with E-state index in [1.54, 1.807) is 20.3 Å². The Bertz CT molecular complexity index is 816. The summed E-state index contributed by atoms with van der Waals surface area (Å²) in [6, 6.07) is 11.0. The largest absolute Gasteiger partial charge is 0.497 e. The Morgan fingerprint density at radius 2 is 1.88 bits per heavy atom. The van der Waals surface area contributed by atoms with E-state index in [0.717, 1.165) is 16.9 Å². The molecule has 1 aliphatic rings. The van der Waals surface area contributed by atoms with Gasteiger partial charge in [-0.25, -0.2) is 0 Å². The molecule has 1 aliphatic heterocycles. The van der Waals surface area contributed by atoms with Crippen LogP contribution in [0.5, 0.6) is 23.0 Å². The first-order valence-corrected chi connectivity index (χ1v) is 8.26. The first kappa shape index (κ1) is 17.7. The number of ether oxygens (including phenoxy) is 4. The van der Waals surface area contributed by atoms with E-state index in [-0.39, 0.29) is 5.91 Å². The molecular formula is C20H21NO5. The number of methoxy groups -OCH3 is 2. The van der Waals surface area contributed by atoms with E-state index in [1.165, 1.54) is 6.08 Å².